The number of alkyl halides is 6. The summed E-state index contributed by atoms with van der Waals surface area (Å²) in [5.41, 5.74) is -5.82. The molecule has 0 unspecified atom stereocenters. The first-order valence-corrected chi connectivity index (χ1v) is 6.41. The predicted molar refractivity (Wildman–Crippen MR) is 26.8 cm³/mol. The van der Waals surface area contributed by atoms with Crippen LogP contribution in [0.1, 0.15) is 0 Å². The van der Waals surface area contributed by atoms with Gasteiger partial charge in [-0.2, -0.15) is 0 Å². The van der Waals surface area contributed by atoms with Crippen LogP contribution in [0.15, 0.2) is 0 Å². The van der Waals surface area contributed by atoms with Crippen LogP contribution < -0.4 is 0 Å². The Kier molecular flexibility index (Phi) is 3.09. The molecule has 0 aliphatic rings. The van der Waals surface area contributed by atoms with Crippen LogP contribution in [0.4, 0.5) is 26.3 Å². The van der Waals surface area contributed by atoms with E-state index in [1.165, 1.54) is 0 Å². The number of rotatable bonds is 1. The summed E-state index contributed by atoms with van der Waals surface area (Å²) in [4.78, 5) is 0. The van der Waals surface area contributed by atoms with Crippen molar-refractivity contribution in [1.82, 2.24) is 0 Å². The van der Waals surface area contributed by atoms with Gasteiger partial charge in [-0.3, -0.25) is 0 Å². The Morgan fingerprint density at radius 3 is 1.33 bits per heavy atom. The van der Waals surface area contributed by atoms with Gasteiger partial charge in [0.15, 0.2) is 0 Å². The summed E-state index contributed by atoms with van der Waals surface area (Å²) in [6.45, 7) is 0. The molecule has 0 fully saturated rings. The molecule has 74 valence electrons. The molecule has 0 heterocycles. The molecule has 0 aromatic carbocycles. The quantitative estimate of drug-likeness (QED) is 0.532. The van der Waals surface area contributed by atoms with Gasteiger partial charge in [-0.05, 0) is 0 Å². The first kappa shape index (κ1) is 12.0. The van der Waals surface area contributed by atoms with Crippen molar-refractivity contribution in [3.05, 3.63) is 0 Å². The van der Waals surface area contributed by atoms with Gasteiger partial charge >= 0.3 is 67.4 Å². The fraction of sp³-hybridized carbons (Fsp3) is 1.00. The van der Waals surface area contributed by atoms with E-state index in [4.69, 9.17) is 0 Å². The van der Waals surface area contributed by atoms with Crippen LogP contribution in [0.25, 0.3) is 0 Å². The minimum atomic E-state index is -6.02. The van der Waals surface area contributed by atoms with E-state index in [0.717, 1.165) is 0 Å². The zero-order chi connectivity index (χ0) is 10.2. The van der Waals surface area contributed by atoms with Gasteiger partial charge in [0.2, 0.25) is 0 Å². The number of halogens is 6. The molecule has 0 N–H and O–H groups in total. The molecular formula is C2F6O2SSe. The average molecular weight is 281 g/mol. The third-order valence-electron chi connectivity index (χ3n) is 0.488. The molecule has 10 heteroatoms. The molecule has 0 amide bonds. The van der Waals surface area contributed by atoms with E-state index in [9.17, 15) is 34.8 Å². The summed E-state index contributed by atoms with van der Waals surface area (Å²) in [5.74, 6) is 0. The molecule has 12 heavy (non-hydrogen) atoms. The first-order chi connectivity index (χ1) is 4.96. The van der Waals surface area contributed by atoms with Gasteiger partial charge < -0.3 is 0 Å². The van der Waals surface area contributed by atoms with Crippen molar-refractivity contribution in [2.75, 3.05) is 0 Å². The molecule has 0 aromatic heterocycles. The number of hydrogen-bond acceptors (Lipinski definition) is 2. The average Bonchev–Trinajstić information content (AvgIpc) is 1.52. The Bertz CT molecular complexity index is 248. The van der Waals surface area contributed by atoms with Crippen LogP contribution in [0.5, 0.6) is 0 Å². The second-order valence-electron chi connectivity index (χ2n) is 1.43. The molecule has 0 radical (unpaired) electrons. The zero-order valence-electron chi connectivity index (χ0n) is 4.90. The molecule has 0 aliphatic carbocycles. The SMILES string of the molecule is O=S(=O)([Se]C(F)(F)F)C(F)(F)F. The van der Waals surface area contributed by atoms with Gasteiger partial charge in [0, 0.05) is 0 Å². The number of hydrogen-bond donors (Lipinski definition) is 0. The molecule has 0 aliphatic heterocycles. The fourth-order valence-corrected chi connectivity index (χ4v) is 2.68. The van der Waals surface area contributed by atoms with Crippen molar-refractivity contribution in [1.29, 1.82) is 0 Å². The Hall–Kier alpha value is 0.0495. The van der Waals surface area contributed by atoms with Gasteiger partial charge in [0.1, 0.15) is 0 Å². The molecule has 0 atom stereocenters. The monoisotopic (exact) mass is 282 g/mol. The summed E-state index contributed by atoms with van der Waals surface area (Å²) in [6, 6.07) is 0. The Morgan fingerprint density at radius 1 is 0.917 bits per heavy atom. The van der Waals surface area contributed by atoms with E-state index in [1.807, 2.05) is 0 Å². The molecule has 2 nitrogen and oxygen atoms in total. The maximum absolute atomic E-state index is 11.3. The van der Waals surface area contributed by atoms with E-state index in [0.29, 0.717) is 0 Å². The van der Waals surface area contributed by atoms with Crippen molar-refractivity contribution in [2.45, 2.75) is 10.6 Å². The molecule has 0 saturated carbocycles. The van der Waals surface area contributed by atoms with Gasteiger partial charge in [0.25, 0.3) is 0 Å². The fourth-order valence-electron chi connectivity index (χ4n) is 0.172. The summed E-state index contributed by atoms with van der Waals surface area (Å²) < 4.78 is 87.3. The molecule has 0 saturated heterocycles. The topological polar surface area (TPSA) is 34.1 Å². The molecule has 0 aromatic rings. The van der Waals surface area contributed by atoms with Crippen molar-refractivity contribution < 1.29 is 34.8 Å². The Morgan fingerprint density at radius 2 is 1.25 bits per heavy atom. The van der Waals surface area contributed by atoms with Gasteiger partial charge in [-0.15, -0.1) is 0 Å². The van der Waals surface area contributed by atoms with Crippen LogP contribution in [-0.4, -0.2) is 32.8 Å². The minimum absolute atomic E-state index is 3.46. The summed E-state index contributed by atoms with van der Waals surface area (Å²) in [7, 11) is -6.02. The van der Waals surface area contributed by atoms with E-state index in [2.05, 4.69) is 0 Å². The van der Waals surface area contributed by atoms with Crippen molar-refractivity contribution in [3.8, 4) is 0 Å². The third-order valence-corrected chi connectivity index (χ3v) is 5.22. The van der Waals surface area contributed by atoms with Crippen LogP contribution in [0, 0.1) is 0 Å². The third kappa shape index (κ3) is 3.63. The zero-order valence-corrected chi connectivity index (χ0v) is 7.43. The molecule has 0 bridgehead atoms. The van der Waals surface area contributed by atoms with Crippen molar-refractivity contribution in [3.63, 3.8) is 0 Å². The van der Waals surface area contributed by atoms with E-state index < -0.39 is 32.7 Å². The summed E-state index contributed by atoms with van der Waals surface area (Å²) >= 11 is -3.46. The van der Waals surface area contributed by atoms with Gasteiger partial charge in [-0.25, -0.2) is 0 Å². The summed E-state index contributed by atoms with van der Waals surface area (Å²) in [5, 5.41) is -5.30. The van der Waals surface area contributed by atoms with Gasteiger partial charge in [0.05, 0.1) is 0 Å². The molecular weight excluding hydrogens is 281 g/mol. The first-order valence-electron chi connectivity index (χ1n) is 2.04. The maximum atomic E-state index is 11.3. The van der Waals surface area contributed by atoms with Crippen LogP contribution in [-0.2, 0) is 8.26 Å². The Balaban J connectivity index is 4.70. The molecule has 0 rings (SSSR count). The van der Waals surface area contributed by atoms with Crippen LogP contribution in [0.3, 0.4) is 0 Å². The second-order valence-corrected chi connectivity index (χ2v) is 7.75. The van der Waals surface area contributed by atoms with E-state index in [1.54, 1.807) is 0 Å². The van der Waals surface area contributed by atoms with Crippen LogP contribution >= 0.6 is 0 Å². The Labute approximate surface area is 68.1 Å². The van der Waals surface area contributed by atoms with E-state index >= 15 is 0 Å². The normalized spacial score (nSPS) is 14.8. The second kappa shape index (κ2) is 3.08. The standard InChI is InChI=1S/C2F6O2SSe/c3-1(4,5)11(9,10)12-2(6,7)8. The van der Waals surface area contributed by atoms with E-state index in [-0.39, 0.29) is 0 Å². The summed E-state index contributed by atoms with van der Waals surface area (Å²) in [6.07, 6.45) is 0. The van der Waals surface area contributed by atoms with Gasteiger partial charge in [-0.1, -0.05) is 0 Å². The molecule has 0 spiro atoms. The van der Waals surface area contributed by atoms with Crippen LogP contribution in [0.2, 0.25) is 0 Å². The van der Waals surface area contributed by atoms with Crippen molar-refractivity contribution >= 4 is 22.1 Å². The van der Waals surface area contributed by atoms with Crippen molar-refractivity contribution in [2.24, 2.45) is 0 Å². The predicted octanol–water partition coefficient (Wildman–Crippen LogP) is 1.06.